The third kappa shape index (κ3) is 2.21. The molecule has 1 fully saturated rings. The van der Waals surface area contributed by atoms with Gasteiger partial charge in [0.25, 0.3) is 0 Å². The fourth-order valence-corrected chi connectivity index (χ4v) is 2.99. The van der Waals surface area contributed by atoms with E-state index in [1.54, 1.807) is 0 Å². The predicted octanol–water partition coefficient (Wildman–Crippen LogP) is 2.40. The highest BCUT2D eigenvalue weighted by Crippen LogP contribution is 2.26. The highest BCUT2D eigenvalue weighted by atomic mass is 35.5. The lowest BCUT2D eigenvalue weighted by Crippen LogP contribution is -2.49. The summed E-state index contributed by atoms with van der Waals surface area (Å²) in [6.07, 6.45) is 3.68. The molecule has 3 nitrogen and oxygen atoms in total. The number of rotatable bonds is 2. The molecule has 1 aromatic heterocycles. The van der Waals surface area contributed by atoms with Gasteiger partial charge in [-0.2, -0.15) is 0 Å². The Morgan fingerprint density at radius 2 is 2.33 bits per heavy atom. The van der Waals surface area contributed by atoms with Gasteiger partial charge in [0.15, 0.2) is 0 Å². The molecule has 3 rings (SSSR count). The van der Waals surface area contributed by atoms with Crippen LogP contribution in [0.2, 0.25) is 0 Å². The molecule has 1 aromatic rings. The summed E-state index contributed by atoms with van der Waals surface area (Å²) in [5, 5.41) is 0. The highest BCUT2D eigenvalue weighted by molar-refractivity contribution is 6.18. The number of fused-ring (bicyclic) bond motifs is 1. The van der Waals surface area contributed by atoms with Gasteiger partial charge in [-0.1, -0.05) is 6.07 Å². The van der Waals surface area contributed by atoms with E-state index in [-0.39, 0.29) is 6.10 Å². The molecule has 0 amide bonds. The maximum Gasteiger partial charge on any atom is 0.129 e. The van der Waals surface area contributed by atoms with Crippen LogP contribution < -0.4 is 4.90 Å². The van der Waals surface area contributed by atoms with E-state index >= 15 is 0 Å². The molecule has 2 aliphatic rings. The van der Waals surface area contributed by atoms with Crippen molar-refractivity contribution >= 4 is 17.4 Å². The maximum absolute atomic E-state index is 5.90. The Balaban J connectivity index is 1.84. The molecule has 0 saturated carbocycles. The van der Waals surface area contributed by atoms with Gasteiger partial charge in [0, 0.05) is 12.2 Å². The van der Waals surface area contributed by atoms with Gasteiger partial charge in [-0.25, -0.2) is 4.98 Å². The van der Waals surface area contributed by atoms with Crippen LogP contribution in [0, 0.1) is 0 Å². The second kappa shape index (κ2) is 5.06. The van der Waals surface area contributed by atoms with Gasteiger partial charge in [-0.3, -0.25) is 0 Å². The Morgan fingerprint density at radius 1 is 1.44 bits per heavy atom. The Kier molecular flexibility index (Phi) is 3.44. The van der Waals surface area contributed by atoms with E-state index in [1.165, 1.54) is 24.1 Å². The van der Waals surface area contributed by atoms with Crippen molar-refractivity contribution in [2.24, 2.45) is 0 Å². The third-order valence-electron chi connectivity index (χ3n) is 3.89. The van der Waals surface area contributed by atoms with Gasteiger partial charge in [0.1, 0.15) is 5.82 Å². The largest absolute Gasteiger partial charge is 0.373 e. The lowest BCUT2D eigenvalue weighted by atomic mass is 10.2. The molecule has 1 saturated heterocycles. The van der Waals surface area contributed by atoms with Crippen LogP contribution in [0.3, 0.4) is 0 Å². The molecule has 0 spiro atoms. The summed E-state index contributed by atoms with van der Waals surface area (Å²) in [7, 11) is 0. The molecule has 1 aliphatic carbocycles. The highest BCUT2D eigenvalue weighted by Gasteiger charge is 2.27. The number of halogens is 1. The van der Waals surface area contributed by atoms with Crippen LogP contribution in [0.4, 0.5) is 5.82 Å². The molecule has 2 heterocycles. The molecule has 0 radical (unpaired) electrons. The van der Waals surface area contributed by atoms with Crippen LogP contribution in [-0.2, 0) is 17.6 Å². The van der Waals surface area contributed by atoms with Crippen LogP contribution in [-0.4, -0.2) is 36.2 Å². The molecule has 98 valence electrons. The van der Waals surface area contributed by atoms with Crippen LogP contribution in [0.5, 0.6) is 0 Å². The number of pyridine rings is 1. The minimum absolute atomic E-state index is 0.123. The molecule has 0 aromatic carbocycles. The van der Waals surface area contributed by atoms with Crippen molar-refractivity contribution < 1.29 is 4.74 Å². The summed E-state index contributed by atoms with van der Waals surface area (Å²) in [4.78, 5) is 7.15. The number of ether oxygens (including phenoxy) is 1. The summed E-state index contributed by atoms with van der Waals surface area (Å²) in [6, 6.07) is 4.76. The van der Waals surface area contributed by atoms with Gasteiger partial charge < -0.3 is 9.64 Å². The summed E-state index contributed by atoms with van der Waals surface area (Å²) >= 11 is 5.90. The molecular weight excluding hydrogens is 248 g/mol. The summed E-state index contributed by atoms with van der Waals surface area (Å²) in [5.41, 5.74) is 2.71. The van der Waals surface area contributed by atoms with Gasteiger partial charge in [0.2, 0.25) is 0 Å². The van der Waals surface area contributed by atoms with E-state index in [0.29, 0.717) is 11.9 Å². The van der Waals surface area contributed by atoms with E-state index < -0.39 is 0 Å². The SMILES string of the molecule is CC1COC(CCl)CN1c1ccc2c(n1)CCC2. The predicted molar refractivity (Wildman–Crippen MR) is 73.5 cm³/mol. The number of alkyl halides is 1. The van der Waals surface area contributed by atoms with Gasteiger partial charge >= 0.3 is 0 Å². The minimum atomic E-state index is 0.123. The van der Waals surface area contributed by atoms with Crippen LogP contribution >= 0.6 is 11.6 Å². The standard InChI is InChI=1S/C14H19ClN2O/c1-10-9-18-12(7-15)8-17(10)14-6-5-11-3-2-4-13(11)16-14/h5-6,10,12H,2-4,7-9H2,1H3. The first-order chi connectivity index (χ1) is 8.78. The number of morpholine rings is 1. The van der Waals surface area contributed by atoms with E-state index in [1.807, 2.05) is 0 Å². The Bertz CT molecular complexity index is 438. The van der Waals surface area contributed by atoms with Gasteiger partial charge in [0.05, 0.1) is 24.6 Å². The number of hydrogen-bond acceptors (Lipinski definition) is 3. The van der Waals surface area contributed by atoms with Crippen molar-refractivity contribution in [1.82, 2.24) is 4.98 Å². The molecule has 0 bridgehead atoms. The summed E-state index contributed by atoms with van der Waals surface area (Å²) < 4.78 is 5.68. The summed E-state index contributed by atoms with van der Waals surface area (Å²) in [5.74, 6) is 1.63. The van der Waals surface area contributed by atoms with Crippen molar-refractivity contribution in [2.75, 3.05) is 23.9 Å². The number of aromatic nitrogens is 1. The summed E-state index contributed by atoms with van der Waals surface area (Å²) in [6.45, 7) is 3.76. The first-order valence-electron chi connectivity index (χ1n) is 6.71. The average Bonchev–Trinajstić information content (AvgIpc) is 2.86. The molecule has 0 N–H and O–H groups in total. The van der Waals surface area contributed by atoms with Crippen molar-refractivity contribution in [2.45, 2.75) is 38.3 Å². The first kappa shape index (κ1) is 12.2. The topological polar surface area (TPSA) is 25.4 Å². The lowest BCUT2D eigenvalue weighted by molar-refractivity contribution is 0.0361. The Hall–Kier alpha value is -0.800. The van der Waals surface area contributed by atoms with Crippen LogP contribution in [0.25, 0.3) is 0 Å². The Morgan fingerprint density at radius 3 is 3.17 bits per heavy atom. The third-order valence-corrected chi connectivity index (χ3v) is 4.23. The maximum atomic E-state index is 5.90. The van der Waals surface area contributed by atoms with E-state index in [2.05, 4.69) is 24.0 Å². The number of aryl methyl sites for hydroxylation is 2. The van der Waals surface area contributed by atoms with Crippen molar-refractivity contribution in [3.63, 3.8) is 0 Å². The molecule has 2 unspecified atom stereocenters. The molecule has 2 atom stereocenters. The van der Waals surface area contributed by atoms with Crippen molar-refractivity contribution in [1.29, 1.82) is 0 Å². The second-order valence-electron chi connectivity index (χ2n) is 5.24. The number of nitrogens with zero attached hydrogens (tertiary/aromatic N) is 2. The van der Waals surface area contributed by atoms with Crippen LogP contribution in [0.15, 0.2) is 12.1 Å². The lowest BCUT2D eigenvalue weighted by Gasteiger charge is -2.38. The quantitative estimate of drug-likeness (QED) is 0.769. The second-order valence-corrected chi connectivity index (χ2v) is 5.55. The van der Waals surface area contributed by atoms with Gasteiger partial charge in [-0.15, -0.1) is 11.6 Å². The molecular formula is C14H19ClN2O. The molecule has 4 heteroatoms. The number of anilines is 1. The van der Waals surface area contributed by atoms with Crippen molar-refractivity contribution in [3.8, 4) is 0 Å². The molecule has 18 heavy (non-hydrogen) atoms. The number of hydrogen-bond donors (Lipinski definition) is 0. The fourth-order valence-electron chi connectivity index (χ4n) is 2.80. The first-order valence-corrected chi connectivity index (χ1v) is 7.24. The zero-order valence-corrected chi connectivity index (χ0v) is 11.5. The molecule has 1 aliphatic heterocycles. The van der Waals surface area contributed by atoms with E-state index in [0.717, 1.165) is 25.4 Å². The van der Waals surface area contributed by atoms with Gasteiger partial charge in [-0.05, 0) is 37.8 Å². The normalized spacial score (nSPS) is 27.3. The zero-order valence-electron chi connectivity index (χ0n) is 10.7. The monoisotopic (exact) mass is 266 g/mol. The fraction of sp³-hybridized carbons (Fsp3) is 0.643. The van der Waals surface area contributed by atoms with E-state index in [9.17, 15) is 0 Å². The minimum Gasteiger partial charge on any atom is -0.373 e. The zero-order chi connectivity index (χ0) is 12.5. The van der Waals surface area contributed by atoms with E-state index in [4.69, 9.17) is 21.3 Å². The average molecular weight is 267 g/mol. The van der Waals surface area contributed by atoms with Crippen molar-refractivity contribution in [3.05, 3.63) is 23.4 Å². The van der Waals surface area contributed by atoms with Crippen LogP contribution in [0.1, 0.15) is 24.6 Å². The smallest absolute Gasteiger partial charge is 0.129 e. The Labute approximate surface area is 113 Å².